The molecule has 1 aliphatic carbocycles. The van der Waals surface area contributed by atoms with Crippen LogP contribution in [0.3, 0.4) is 0 Å². The molecule has 1 saturated heterocycles. The SMILES string of the molecule is CCc1cccc(NC(=O)Cn2c(CN3CCOCC3)nc3sc4c(c3c2=O)CC[C@H](C)C4)c1. The van der Waals surface area contributed by atoms with Gasteiger partial charge in [0, 0.05) is 23.7 Å². The summed E-state index contributed by atoms with van der Waals surface area (Å²) in [4.78, 5) is 36.2. The van der Waals surface area contributed by atoms with E-state index in [9.17, 15) is 9.59 Å². The molecule has 0 spiro atoms. The van der Waals surface area contributed by atoms with Crippen molar-refractivity contribution < 1.29 is 9.53 Å². The van der Waals surface area contributed by atoms with Crippen LogP contribution >= 0.6 is 11.3 Å². The highest BCUT2D eigenvalue weighted by atomic mass is 32.1. The Morgan fingerprint density at radius 2 is 2.12 bits per heavy atom. The van der Waals surface area contributed by atoms with Crippen LogP contribution in [-0.2, 0) is 41.9 Å². The number of ether oxygens (including phenoxy) is 1. The molecule has 2 aromatic heterocycles. The largest absolute Gasteiger partial charge is 0.379 e. The minimum atomic E-state index is -0.211. The quantitative estimate of drug-likeness (QED) is 0.583. The number of thiophene rings is 1. The second kappa shape index (κ2) is 9.98. The van der Waals surface area contributed by atoms with E-state index >= 15 is 0 Å². The van der Waals surface area contributed by atoms with Gasteiger partial charge in [0.15, 0.2) is 0 Å². The summed E-state index contributed by atoms with van der Waals surface area (Å²) >= 11 is 1.66. The Bertz CT molecular complexity index is 1260. The molecule has 7 nitrogen and oxygen atoms in total. The highest BCUT2D eigenvalue weighted by Crippen LogP contribution is 2.36. The van der Waals surface area contributed by atoms with Gasteiger partial charge in [-0.1, -0.05) is 26.0 Å². The van der Waals surface area contributed by atoms with Crippen molar-refractivity contribution in [2.24, 2.45) is 5.92 Å². The van der Waals surface area contributed by atoms with Gasteiger partial charge in [-0.25, -0.2) is 4.98 Å². The van der Waals surface area contributed by atoms with Gasteiger partial charge in [0.25, 0.3) is 5.56 Å². The third kappa shape index (κ3) is 4.80. The molecule has 8 heteroatoms. The smallest absolute Gasteiger partial charge is 0.263 e. The summed E-state index contributed by atoms with van der Waals surface area (Å²) in [6, 6.07) is 7.84. The summed E-state index contributed by atoms with van der Waals surface area (Å²) in [6.07, 6.45) is 3.90. The van der Waals surface area contributed by atoms with Gasteiger partial charge in [-0.2, -0.15) is 0 Å². The van der Waals surface area contributed by atoms with Crippen LogP contribution in [0.25, 0.3) is 10.2 Å². The molecule has 2 aliphatic rings. The normalized spacial score (nSPS) is 18.7. The van der Waals surface area contributed by atoms with Crippen LogP contribution < -0.4 is 10.9 Å². The van der Waals surface area contributed by atoms with Gasteiger partial charge in [0.2, 0.25) is 5.91 Å². The van der Waals surface area contributed by atoms with Crippen LogP contribution in [0.2, 0.25) is 0 Å². The number of fused-ring (bicyclic) bond motifs is 3. The van der Waals surface area contributed by atoms with Crippen molar-refractivity contribution in [3.8, 4) is 0 Å². The first kappa shape index (κ1) is 23.2. The topological polar surface area (TPSA) is 76.5 Å². The molecule has 3 aromatic rings. The van der Waals surface area contributed by atoms with Gasteiger partial charge in [-0.15, -0.1) is 11.3 Å². The molecule has 34 heavy (non-hydrogen) atoms. The molecular formula is C26H32N4O3S. The number of nitrogens with one attached hydrogen (secondary N) is 1. The zero-order valence-corrected chi connectivity index (χ0v) is 20.7. The van der Waals surface area contributed by atoms with E-state index in [0.29, 0.717) is 31.5 Å². The molecule has 0 saturated carbocycles. The van der Waals surface area contributed by atoms with Crippen LogP contribution in [0.5, 0.6) is 0 Å². The van der Waals surface area contributed by atoms with Crippen LogP contribution in [0.15, 0.2) is 29.1 Å². The van der Waals surface area contributed by atoms with Crippen molar-refractivity contribution in [2.45, 2.75) is 52.6 Å². The van der Waals surface area contributed by atoms with Gasteiger partial charge in [0.05, 0.1) is 25.1 Å². The van der Waals surface area contributed by atoms with E-state index in [-0.39, 0.29) is 18.0 Å². The van der Waals surface area contributed by atoms with Crippen LogP contribution in [-0.4, -0.2) is 46.7 Å². The fourth-order valence-corrected chi connectivity index (χ4v) is 6.31. The van der Waals surface area contributed by atoms with E-state index in [0.717, 1.165) is 65.8 Å². The molecule has 0 radical (unpaired) electrons. The standard InChI is InChI=1S/C26H32N4O3S/c1-3-18-5-4-6-19(14-18)27-23(31)16-30-22(15-29-9-11-33-12-10-29)28-25-24(26(30)32)20-8-7-17(2)13-21(20)34-25/h4-6,14,17H,3,7-13,15-16H2,1-2H3,(H,27,31)/t17-/m0/s1. The van der Waals surface area contributed by atoms with Crippen molar-refractivity contribution in [1.82, 2.24) is 14.5 Å². The Morgan fingerprint density at radius 1 is 1.29 bits per heavy atom. The molecular weight excluding hydrogens is 448 g/mol. The summed E-state index contributed by atoms with van der Waals surface area (Å²) in [6.45, 7) is 7.77. The molecule has 3 heterocycles. The third-order valence-corrected chi connectivity index (χ3v) is 8.03. The maximum absolute atomic E-state index is 13.8. The minimum Gasteiger partial charge on any atom is -0.379 e. The predicted octanol–water partition coefficient (Wildman–Crippen LogP) is 3.62. The summed E-state index contributed by atoms with van der Waals surface area (Å²) in [5.74, 6) is 1.07. The molecule has 1 fully saturated rings. The van der Waals surface area contributed by atoms with E-state index in [1.54, 1.807) is 15.9 Å². The zero-order chi connectivity index (χ0) is 23.7. The Morgan fingerprint density at radius 3 is 2.91 bits per heavy atom. The van der Waals surface area contributed by atoms with Crippen molar-refractivity contribution in [3.63, 3.8) is 0 Å². The second-order valence-electron chi connectivity index (χ2n) is 9.44. The molecule has 0 unspecified atom stereocenters. The van der Waals surface area contributed by atoms with Crippen molar-refractivity contribution >= 4 is 33.1 Å². The van der Waals surface area contributed by atoms with Crippen LogP contribution in [0, 0.1) is 5.92 Å². The van der Waals surface area contributed by atoms with Crippen LogP contribution in [0.1, 0.15) is 42.1 Å². The Balaban J connectivity index is 1.50. The summed E-state index contributed by atoms with van der Waals surface area (Å²) < 4.78 is 7.08. The molecule has 180 valence electrons. The van der Waals surface area contributed by atoms with Crippen molar-refractivity contribution in [1.29, 1.82) is 0 Å². The number of carbonyl (C=O) groups excluding carboxylic acids is 1. The number of rotatable bonds is 6. The number of nitrogens with zero attached hydrogens (tertiary/aromatic N) is 3. The van der Waals surface area contributed by atoms with E-state index in [4.69, 9.17) is 9.72 Å². The maximum atomic E-state index is 13.8. The molecule has 0 bridgehead atoms. The highest BCUT2D eigenvalue weighted by Gasteiger charge is 2.26. The second-order valence-corrected chi connectivity index (χ2v) is 10.5. The number of aromatic nitrogens is 2. The van der Waals surface area contributed by atoms with Gasteiger partial charge in [0.1, 0.15) is 17.2 Å². The first-order chi connectivity index (χ1) is 16.5. The fourth-order valence-electron chi connectivity index (χ4n) is 4.92. The minimum absolute atomic E-state index is 0.0428. The number of benzene rings is 1. The number of hydrogen-bond acceptors (Lipinski definition) is 6. The zero-order valence-electron chi connectivity index (χ0n) is 19.9. The van der Waals surface area contributed by atoms with Crippen LogP contribution in [0.4, 0.5) is 5.69 Å². The average Bonchev–Trinajstić information content (AvgIpc) is 3.19. The van der Waals surface area contributed by atoms with Crippen molar-refractivity contribution in [2.75, 3.05) is 31.6 Å². The van der Waals surface area contributed by atoms with Gasteiger partial charge in [-0.3, -0.25) is 19.1 Å². The molecule has 1 aromatic carbocycles. The number of amides is 1. The Labute approximate surface area is 203 Å². The first-order valence-electron chi connectivity index (χ1n) is 12.2. The van der Waals surface area contributed by atoms with Gasteiger partial charge in [-0.05, 0) is 54.9 Å². The predicted molar refractivity (Wildman–Crippen MR) is 136 cm³/mol. The number of aryl methyl sites for hydroxylation is 2. The molecule has 1 N–H and O–H groups in total. The fraction of sp³-hybridized carbons (Fsp3) is 0.500. The number of hydrogen-bond donors (Lipinski definition) is 1. The maximum Gasteiger partial charge on any atom is 0.263 e. The summed E-state index contributed by atoms with van der Waals surface area (Å²) in [5.41, 5.74) is 2.98. The molecule has 5 rings (SSSR count). The van der Waals surface area contributed by atoms with E-state index in [1.165, 1.54) is 4.88 Å². The monoisotopic (exact) mass is 480 g/mol. The first-order valence-corrected chi connectivity index (χ1v) is 13.1. The lowest BCUT2D eigenvalue weighted by atomic mass is 9.89. The summed E-state index contributed by atoms with van der Waals surface area (Å²) in [7, 11) is 0. The lowest BCUT2D eigenvalue weighted by Crippen LogP contribution is -2.39. The number of carbonyl (C=O) groups is 1. The lowest BCUT2D eigenvalue weighted by molar-refractivity contribution is -0.116. The van der Waals surface area contributed by atoms with E-state index in [1.807, 2.05) is 24.3 Å². The van der Waals surface area contributed by atoms with Gasteiger partial charge >= 0.3 is 0 Å². The van der Waals surface area contributed by atoms with Gasteiger partial charge < -0.3 is 10.1 Å². The number of anilines is 1. The Hall–Kier alpha value is -2.55. The molecule has 1 atom stereocenters. The molecule has 1 amide bonds. The average molecular weight is 481 g/mol. The number of morpholine rings is 1. The van der Waals surface area contributed by atoms with Crippen molar-refractivity contribution in [3.05, 3.63) is 56.4 Å². The molecule has 1 aliphatic heterocycles. The lowest BCUT2D eigenvalue weighted by Gasteiger charge is -2.27. The third-order valence-electron chi connectivity index (χ3n) is 6.88. The van der Waals surface area contributed by atoms with E-state index in [2.05, 4.69) is 24.1 Å². The Kier molecular flexibility index (Phi) is 6.81. The highest BCUT2D eigenvalue weighted by molar-refractivity contribution is 7.18. The van der Waals surface area contributed by atoms with E-state index < -0.39 is 0 Å². The summed E-state index contributed by atoms with van der Waals surface area (Å²) in [5, 5.41) is 3.70.